The first kappa shape index (κ1) is 13.1. The van der Waals surface area contributed by atoms with E-state index in [1.807, 2.05) is 0 Å². The maximum absolute atomic E-state index is 10.8. The molecule has 1 amide bonds. The van der Waals surface area contributed by atoms with Gasteiger partial charge in [-0.2, -0.15) is 0 Å². The molecule has 0 aromatic rings. The molecule has 0 aromatic heterocycles. The molecular weight excluding hydrogens is 180 g/mol. The monoisotopic (exact) mass is 193 g/mol. The summed E-state index contributed by atoms with van der Waals surface area (Å²) in [4.78, 5) is 21.5. The van der Waals surface area contributed by atoms with Crippen molar-refractivity contribution in [2.24, 2.45) is 0 Å². The second-order valence-corrected chi connectivity index (χ2v) is 3.86. The van der Waals surface area contributed by atoms with Crippen LogP contribution in [0, 0.1) is 0 Å². The Kier molecular flexibility index (Phi) is 4.23. The van der Waals surface area contributed by atoms with Crippen molar-refractivity contribution >= 4 is 27.6 Å². The largest absolute Gasteiger partial charge is 0.480 e. The van der Waals surface area contributed by atoms with Crippen LogP contribution in [-0.2, 0) is 9.59 Å². The molecule has 0 saturated carbocycles. The van der Waals surface area contributed by atoms with Gasteiger partial charge in [0.05, 0.1) is 15.7 Å². The first-order valence-electron chi connectivity index (χ1n) is 4.20. The van der Waals surface area contributed by atoms with E-state index in [9.17, 15) is 9.59 Å². The molecule has 74 valence electrons. The Balaban J connectivity index is 4.66. The number of aliphatic carboxylic acids is 1. The zero-order chi connectivity index (χ0) is 11.5. The third-order valence-electron chi connectivity index (χ3n) is 1.84. The quantitative estimate of drug-likeness (QED) is 0.612. The van der Waals surface area contributed by atoms with Gasteiger partial charge in [0.15, 0.2) is 0 Å². The fourth-order valence-corrected chi connectivity index (χ4v) is 0.954. The predicted octanol–water partition coefficient (Wildman–Crippen LogP) is -0.100. The Morgan fingerprint density at radius 3 is 2.07 bits per heavy atom. The highest BCUT2D eigenvalue weighted by Crippen LogP contribution is 2.35. The summed E-state index contributed by atoms with van der Waals surface area (Å²) in [6.07, 6.45) is 0. The second-order valence-electron chi connectivity index (χ2n) is 3.86. The summed E-state index contributed by atoms with van der Waals surface area (Å²) in [7, 11) is 11.3. The molecule has 4 nitrogen and oxygen atoms in total. The molecule has 0 bridgehead atoms. The summed E-state index contributed by atoms with van der Waals surface area (Å²) in [5.41, 5.74) is 0. The Bertz CT molecular complexity index is 237. The molecule has 0 aliphatic heterocycles. The lowest BCUT2D eigenvalue weighted by molar-refractivity contribution is -0.141. The average molecular weight is 193 g/mol. The van der Waals surface area contributed by atoms with E-state index < -0.39 is 29.0 Å². The molecular formula is C8H13B2NO3. The number of carbonyl (C=O) groups excluding carboxylic acids is 1. The van der Waals surface area contributed by atoms with Crippen molar-refractivity contribution in [3.63, 3.8) is 0 Å². The molecule has 0 spiro atoms. The molecule has 2 unspecified atom stereocenters. The molecule has 0 fully saturated rings. The molecule has 2 N–H and O–H groups in total. The second kappa shape index (κ2) is 4.53. The van der Waals surface area contributed by atoms with Crippen LogP contribution in [0.3, 0.4) is 0 Å². The van der Waals surface area contributed by atoms with Gasteiger partial charge in [-0.3, -0.25) is 9.59 Å². The first-order chi connectivity index (χ1) is 6.16. The van der Waals surface area contributed by atoms with Crippen LogP contribution in [0.5, 0.6) is 0 Å². The summed E-state index contributed by atoms with van der Waals surface area (Å²) in [6, 6.07) is -1.16. The molecule has 4 radical (unpaired) electrons. The van der Waals surface area contributed by atoms with Crippen LogP contribution < -0.4 is 5.32 Å². The van der Waals surface area contributed by atoms with Crippen molar-refractivity contribution in [1.82, 2.24) is 5.32 Å². The smallest absolute Gasteiger partial charge is 0.325 e. The number of rotatable bonds is 4. The SMILES string of the molecule is [B]C(C(NC(C)=O)C(=O)O)C([B])(C)C. The van der Waals surface area contributed by atoms with Gasteiger partial charge in [-0.05, 0) is 5.82 Å². The van der Waals surface area contributed by atoms with E-state index in [4.69, 9.17) is 20.8 Å². The minimum Gasteiger partial charge on any atom is -0.480 e. The molecule has 6 heteroatoms. The van der Waals surface area contributed by atoms with Gasteiger partial charge in [0.2, 0.25) is 5.91 Å². The van der Waals surface area contributed by atoms with Crippen molar-refractivity contribution in [1.29, 1.82) is 0 Å². The van der Waals surface area contributed by atoms with Crippen molar-refractivity contribution < 1.29 is 14.7 Å². The molecule has 0 rings (SSSR count). The highest BCUT2D eigenvalue weighted by molar-refractivity contribution is 6.25. The van der Waals surface area contributed by atoms with Gasteiger partial charge in [-0.25, -0.2) is 0 Å². The minimum atomic E-state index is -1.19. The number of hydrogen-bond acceptors (Lipinski definition) is 2. The average Bonchev–Trinajstić information content (AvgIpc) is 1.96. The summed E-state index contributed by atoms with van der Waals surface area (Å²) in [5, 5.41) is 10.2. The van der Waals surface area contributed by atoms with Gasteiger partial charge in [-0.1, -0.05) is 19.2 Å². The van der Waals surface area contributed by atoms with E-state index in [-0.39, 0.29) is 0 Å². The van der Waals surface area contributed by atoms with Gasteiger partial charge >= 0.3 is 5.97 Å². The Hall–Kier alpha value is -0.930. The Labute approximate surface area is 86.3 Å². The van der Waals surface area contributed by atoms with E-state index >= 15 is 0 Å². The molecule has 14 heavy (non-hydrogen) atoms. The van der Waals surface area contributed by atoms with Crippen LogP contribution in [0.2, 0.25) is 11.1 Å². The minimum absolute atomic E-state index is 0.447. The van der Waals surface area contributed by atoms with E-state index in [0.29, 0.717) is 0 Å². The van der Waals surface area contributed by atoms with Crippen molar-refractivity contribution in [3.05, 3.63) is 0 Å². The van der Waals surface area contributed by atoms with E-state index in [0.717, 1.165) is 0 Å². The van der Waals surface area contributed by atoms with Crippen LogP contribution in [-0.4, -0.2) is 38.7 Å². The first-order valence-corrected chi connectivity index (χ1v) is 4.20. The van der Waals surface area contributed by atoms with Gasteiger partial charge < -0.3 is 10.4 Å². The summed E-state index contributed by atoms with van der Waals surface area (Å²) in [5.74, 6) is -2.48. The van der Waals surface area contributed by atoms with Gasteiger partial charge in [0.1, 0.15) is 6.04 Å². The van der Waals surface area contributed by atoms with E-state index in [2.05, 4.69) is 5.32 Å². The standard InChI is InChI=1S/C8H13B2NO3/c1-4(12)11-5(7(13)14)6(9)8(2,3)10/h5-6H,1-3H3,(H,11,12)(H,13,14). The Morgan fingerprint density at radius 2 is 1.86 bits per heavy atom. The lowest BCUT2D eigenvalue weighted by Gasteiger charge is -2.33. The molecule has 0 heterocycles. The zero-order valence-corrected chi connectivity index (χ0v) is 8.57. The van der Waals surface area contributed by atoms with Gasteiger partial charge in [0.25, 0.3) is 0 Å². The number of carbonyl (C=O) groups is 2. The maximum Gasteiger partial charge on any atom is 0.325 e. The van der Waals surface area contributed by atoms with Crippen molar-refractivity contribution in [2.75, 3.05) is 0 Å². The van der Waals surface area contributed by atoms with Crippen molar-refractivity contribution in [3.8, 4) is 0 Å². The third kappa shape index (κ3) is 3.85. The fourth-order valence-electron chi connectivity index (χ4n) is 0.954. The number of nitrogens with one attached hydrogen (secondary N) is 1. The molecule has 0 aliphatic carbocycles. The van der Waals surface area contributed by atoms with Crippen LogP contribution in [0.15, 0.2) is 0 Å². The zero-order valence-electron chi connectivity index (χ0n) is 8.57. The van der Waals surface area contributed by atoms with Crippen molar-refractivity contribution in [2.45, 2.75) is 37.9 Å². The highest BCUT2D eigenvalue weighted by atomic mass is 16.4. The predicted molar refractivity (Wildman–Crippen MR) is 54.5 cm³/mol. The Morgan fingerprint density at radius 1 is 1.43 bits per heavy atom. The maximum atomic E-state index is 10.8. The number of hydrogen-bond donors (Lipinski definition) is 2. The number of carboxylic acids is 1. The van der Waals surface area contributed by atoms with Crippen LogP contribution in [0.25, 0.3) is 0 Å². The lowest BCUT2D eigenvalue weighted by Crippen LogP contribution is -2.45. The topological polar surface area (TPSA) is 66.4 Å². The number of carboxylic acid groups (broad SMARTS) is 1. The summed E-state index contributed by atoms with van der Waals surface area (Å²) < 4.78 is 0. The number of amides is 1. The van der Waals surface area contributed by atoms with Crippen LogP contribution in [0.1, 0.15) is 20.8 Å². The van der Waals surface area contributed by atoms with E-state index in [1.54, 1.807) is 13.8 Å². The normalized spacial score (nSPS) is 15.6. The molecule has 0 saturated heterocycles. The summed E-state index contributed by atoms with van der Waals surface area (Å²) in [6.45, 7) is 4.44. The van der Waals surface area contributed by atoms with E-state index in [1.165, 1.54) is 6.92 Å². The third-order valence-corrected chi connectivity index (χ3v) is 1.84. The molecule has 0 aliphatic rings. The van der Waals surface area contributed by atoms with Gasteiger partial charge in [0, 0.05) is 6.92 Å². The lowest BCUT2D eigenvalue weighted by atomic mass is 9.54. The van der Waals surface area contributed by atoms with Crippen LogP contribution in [0.4, 0.5) is 0 Å². The summed E-state index contributed by atoms with van der Waals surface area (Å²) >= 11 is 0. The van der Waals surface area contributed by atoms with Gasteiger partial charge in [-0.15, -0.1) is 0 Å². The fraction of sp³-hybridized carbons (Fsp3) is 0.750. The molecule has 2 atom stereocenters. The molecule has 0 aromatic carbocycles. The highest BCUT2D eigenvalue weighted by Gasteiger charge is 2.32. The van der Waals surface area contributed by atoms with Crippen LogP contribution >= 0.6 is 0 Å².